The number of amides is 1. The highest BCUT2D eigenvalue weighted by Crippen LogP contribution is 2.20. The van der Waals surface area contributed by atoms with Gasteiger partial charge in [0, 0.05) is 18.8 Å². The molecule has 1 amide bonds. The fourth-order valence-electron chi connectivity index (χ4n) is 3.77. The van der Waals surface area contributed by atoms with Crippen LogP contribution in [0, 0.1) is 19.7 Å². The molecule has 14 heteroatoms. The van der Waals surface area contributed by atoms with Crippen LogP contribution in [0.15, 0.2) is 50.9 Å². The van der Waals surface area contributed by atoms with Gasteiger partial charge in [-0.3, -0.25) is 19.1 Å². The van der Waals surface area contributed by atoms with Crippen LogP contribution in [0.5, 0.6) is 0 Å². The third-order valence-electron chi connectivity index (χ3n) is 5.62. The quantitative estimate of drug-likeness (QED) is 0.358. The van der Waals surface area contributed by atoms with Gasteiger partial charge in [0.2, 0.25) is 11.8 Å². The van der Waals surface area contributed by atoms with Crippen LogP contribution in [0.1, 0.15) is 17.4 Å². The molecule has 0 aliphatic rings. The van der Waals surface area contributed by atoms with Crippen molar-refractivity contribution in [2.24, 2.45) is 7.05 Å². The molecule has 5 aromatic heterocycles. The summed E-state index contributed by atoms with van der Waals surface area (Å²) in [4.78, 5) is 55.3. The summed E-state index contributed by atoms with van der Waals surface area (Å²) in [5, 5.41) is 6.33. The number of aromatic nitrogens is 8. The molecule has 0 bridgehead atoms. The Morgan fingerprint density at radius 2 is 1.97 bits per heavy atom. The molecule has 0 aromatic carbocycles. The molecule has 0 aliphatic heterocycles. The number of imidazole rings is 1. The molecule has 5 rings (SSSR count). The van der Waals surface area contributed by atoms with E-state index in [-0.39, 0.29) is 41.7 Å². The van der Waals surface area contributed by atoms with Crippen LogP contribution < -0.4 is 16.6 Å². The van der Waals surface area contributed by atoms with Crippen LogP contribution in [0.3, 0.4) is 0 Å². The number of hydrogen-bond acceptors (Lipinski definition) is 9. The van der Waals surface area contributed by atoms with Gasteiger partial charge in [-0.1, -0.05) is 11.2 Å². The molecule has 0 unspecified atom stereocenters. The Hall–Kier alpha value is -5.01. The second-order valence-corrected chi connectivity index (χ2v) is 8.26. The third-order valence-corrected chi connectivity index (χ3v) is 5.62. The van der Waals surface area contributed by atoms with Gasteiger partial charge in [-0.25, -0.2) is 23.7 Å². The number of carbonyl (C=O) groups excluding carboxylic acids is 1. The van der Waals surface area contributed by atoms with E-state index in [2.05, 4.69) is 30.4 Å². The van der Waals surface area contributed by atoms with E-state index >= 15 is 0 Å². The number of fused-ring (bicyclic) bond motifs is 1. The monoisotopic (exact) mass is 505 g/mol. The number of nitrogens with one attached hydrogen (secondary N) is 1. The maximum absolute atomic E-state index is 13.9. The highest BCUT2D eigenvalue weighted by molar-refractivity contribution is 5.90. The molecule has 5 aromatic rings. The van der Waals surface area contributed by atoms with Crippen molar-refractivity contribution in [1.29, 1.82) is 0 Å². The Balaban J connectivity index is 1.42. The van der Waals surface area contributed by atoms with Gasteiger partial charge in [-0.2, -0.15) is 4.98 Å². The zero-order valence-corrected chi connectivity index (χ0v) is 20.0. The Labute approximate surface area is 207 Å². The summed E-state index contributed by atoms with van der Waals surface area (Å²) in [6.45, 7) is 2.66. The molecule has 0 spiro atoms. The first-order valence-corrected chi connectivity index (χ1v) is 11.0. The first-order valence-electron chi connectivity index (χ1n) is 11.0. The summed E-state index contributed by atoms with van der Waals surface area (Å²) in [5.74, 6) is -0.275. The number of nitrogens with zero attached hydrogens (tertiary/aromatic N) is 8. The Bertz CT molecular complexity index is 1780. The molecule has 1 N–H and O–H groups in total. The standard InChI is InChI=1S/C23H20FN9O4/c1-12-15(24)7-14(8-25-12)16-5-4-6-17(28-16)29-18(34)9-32-11-26-21-20(32)22(35)33(23(36)31(21)3)10-19-27-13(2)30-37-19/h4-8,11H,9-10H2,1-3H3,(H,28,29,34). The molecule has 13 nitrogen and oxygen atoms in total. The van der Waals surface area contributed by atoms with E-state index in [1.807, 2.05) is 0 Å². The van der Waals surface area contributed by atoms with Crippen LogP contribution in [-0.4, -0.2) is 44.7 Å². The zero-order valence-electron chi connectivity index (χ0n) is 20.0. The van der Waals surface area contributed by atoms with Gasteiger partial charge in [0.05, 0.1) is 17.7 Å². The van der Waals surface area contributed by atoms with Crippen LogP contribution >= 0.6 is 0 Å². The van der Waals surface area contributed by atoms with E-state index in [0.29, 0.717) is 17.1 Å². The maximum Gasteiger partial charge on any atom is 0.332 e. The molecule has 0 aliphatic carbocycles. The number of rotatable bonds is 6. The molecular weight excluding hydrogens is 485 g/mol. The summed E-state index contributed by atoms with van der Waals surface area (Å²) < 4.78 is 22.4. The minimum atomic E-state index is -0.659. The lowest BCUT2D eigenvalue weighted by atomic mass is 10.1. The normalized spacial score (nSPS) is 11.2. The summed E-state index contributed by atoms with van der Waals surface area (Å²) in [6.07, 6.45) is 2.80. The zero-order chi connectivity index (χ0) is 26.3. The average molecular weight is 505 g/mol. The third kappa shape index (κ3) is 4.51. The minimum absolute atomic E-state index is 0.0522. The van der Waals surface area contributed by atoms with Crippen molar-refractivity contribution in [3.8, 4) is 11.3 Å². The topological polar surface area (TPSA) is 156 Å². The number of pyridine rings is 2. The molecular formula is C23H20FN9O4. The fourth-order valence-corrected chi connectivity index (χ4v) is 3.77. The number of halogens is 1. The summed E-state index contributed by atoms with van der Waals surface area (Å²) in [5.41, 5.74) is 0.0410. The van der Waals surface area contributed by atoms with Crippen molar-refractivity contribution >= 4 is 22.9 Å². The lowest BCUT2D eigenvalue weighted by molar-refractivity contribution is -0.116. The molecule has 188 valence electrons. The fraction of sp³-hybridized carbons (Fsp3) is 0.217. The van der Waals surface area contributed by atoms with Gasteiger partial charge in [-0.15, -0.1) is 0 Å². The summed E-state index contributed by atoms with van der Waals surface area (Å²) in [7, 11) is 1.47. The van der Waals surface area contributed by atoms with Crippen molar-refractivity contribution in [3.63, 3.8) is 0 Å². The van der Waals surface area contributed by atoms with Crippen LogP contribution in [-0.2, 0) is 24.9 Å². The second kappa shape index (κ2) is 9.22. The Kier molecular flexibility index (Phi) is 5.91. The predicted octanol–water partition coefficient (Wildman–Crippen LogP) is 1.18. The van der Waals surface area contributed by atoms with Gasteiger partial charge in [-0.05, 0) is 32.0 Å². The van der Waals surface area contributed by atoms with Gasteiger partial charge >= 0.3 is 5.69 Å². The van der Waals surface area contributed by atoms with Gasteiger partial charge in [0.1, 0.15) is 24.7 Å². The van der Waals surface area contributed by atoms with Crippen LogP contribution in [0.25, 0.3) is 22.4 Å². The van der Waals surface area contributed by atoms with E-state index in [9.17, 15) is 18.8 Å². The molecule has 0 fully saturated rings. The van der Waals surface area contributed by atoms with E-state index < -0.39 is 23.0 Å². The van der Waals surface area contributed by atoms with Crippen molar-refractivity contribution in [2.75, 3.05) is 5.32 Å². The van der Waals surface area contributed by atoms with E-state index in [4.69, 9.17) is 4.52 Å². The predicted molar refractivity (Wildman–Crippen MR) is 128 cm³/mol. The van der Waals surface area contributed by atoms with Crippen LogP contribution in [0.4, 0.5) is 10.2 Å². The molecule has 0 saturated heterocycles. The first-order chi connectivity index (χ1) is 17.7. The van der Waals surface area contributed by atoms with Crippen molar-refractivity contribution < 1.29 is 13.7 Å². The number of anilines is 1. The van der Waals surface area contributed by atoms with E-state index in [1.165, 1.54) is 34.8 Å². The molecule has 0 saturated carbocycles. The van der Waals surface area contributed by atoms with Crippen molar-refractivity contribution in [3.05, 3.63) is 80.9 Å². The largest absolute Gasteiger partial charge is 0.337 e. The number of aryl methyl sites for hydroxylation is 3. The highest BCUT2D eigenvalue weighted by atomic mass is 19.1. The smallest absolute Gasteiger partial charge is 0.332 e. The van der Waals surface area contributed by atoms with Crippen molar-refractivity contribution in [2.45, 2.75) is 26.9 Å². The Morgan fingerprint density at radius 1 is 1.16 bits per heavy atom. The number of carbonyl (C=O) groups is 1. The lowest BCUT2D eigenvalue weighted by Crippen LogP contribution is -2.40. The number of hydrogen-bond donors (Lipinski definition) is 1. The van der Waals surface area contributed by atoms with Gasteiger partial charge in [0.15, 0.2) is 17.0 Å². The lowest BCUT2D eigenvalue weighted by Gasteiger charge is -2.09. The second-order valence-electron chi connectivity index (χ2n) is 8.26. The van der Waals surface area contributed by atoms with Gasteiger partial charge < -0.3 is 14.4 Å². The van der Waals surface area contributed by atoms with Crippen LogP contribution in [0.2, 0.25) is 0 Å². The molecule has 5 heterocycles. The Morgan fingerprint density at radius 3 is 2.70 bits per heavy atom. The van der Waals surface area contributed by atoms with Crippen molar-refractivity contribution in [1.82, 2.24) is 38.8 Å². The first kappa shape index (κ1) is 23.7. The highest BCUT2D eigenvalue weighted by Gasteiger charge is 2.19. The minimum Gasteiger partial charge on any atom is -0.337 e. The van der Waals surface area contributed by atoms with E-state index in [1.54, 1.807) is 32.0 Å². The SMILES string of the molecule is Cc1noc(Cn2c(=O)c3c(ncn3CC(=O)Nc3cccc(-c4cnc(C)c(F)c4)n3)n(C)c2=O)n1. The summed E-state index contributed by atoms with van der Waals surface area (Å²) in [6, 6.07) is 6.22. The average Bonchev–Trinajstić information content (AvgIpc) is 3.48. The molecule has 37 heavy (non-hydrogen) atoms. The van der Waals surface area contributed by atoms with Gasteiger partial charge in [0.25, 0.3) is 5.56 Å². The van der Waals surface area contributed by atoms with E-state index in [0.717, 1.165) is 4.57 Å². The molecule has 0 atom stereocenters. The summed E-state index contributed by atoms with van der Waals surface area (Å²) >= 11 is 0. The molecule has 0 radical (unpaired) electrons. The maximum atomic E-state index is 13.9.